The maximum Gasteiger partial charge on any atom is 0.0470 e. The standard InChI is InChI=1S/C6H13NOS/c1-5-6(2)9(8)4-3-7-5/h5-7H,3-4H2,1-2H3/t5-,6+,9?/m0/s1. The molecule has 1 unspecified atom stereocenters. The molecule has 0 aromatic carbocycles. The van der Waals surface area contributed by atoms with E-state index >= 15 is 0 Å². The first kappa shape index (κ1) is 7.22. The van der Waals surface area contributed by atoms with Crippen molar-refractivity contribution in [3.8, 4) is 0 Å². The van der Waals surface area contributed by atoms with E-state index in [1.54, 1.807) is 0 Å². The third-order valence-corrected chi connectivity index (χ3v) is 3.73. The minimum absolute atomic E-state index is 0.332. The molecular weight excluding hydrogens is 134 g/mol. The molecule has 0 saturated carbocycles. The van der Waals surface area contributed by atoms with E-state index in [0.29, 0.717) is 11.3 Å². The molecule has 0 aromatic heterocycles. The fourth-order valence-corrected chi connectivity index (χ4v) is 2.21. The van der Waals surface area contributed by atoms with Crippen LogP contribution in [0.5, 0.6) is 0 Å². The largest absolute Gasteiger partial charge is 0.312 e. The smallest absolute Gasteiger partial charge is 0.0470 e. The van der Waals surface area contributed by atoms with Crippen molar-refractivity contribution in [3.05, 3.63) is 0 Å². The average Bonchev–Trinajstić information content (AvgIpc) is 1.83. The Kier molecular flexibility index (Phi) is 2.24. The van der Waals surface area contributed by atoms with Crippen LogP contribution in [0.25, 0.3) is 0 Å². The molecule has 1 N–H and O–H groups in total. The summed E-state index contributed by atoms with van der Waals surface area (Å²) in [5.74, 6) is 0.825. The van der Waals surface area contributed by atoms with Crippen molar-refractivity contribution >= 4 is 10.8 Å². The summed E-state index contributed by atoms with van der Waals surface area (Å²) in [4.78, 5) is 0. The highest BCUT2D eigenvalue weighted by molar-refractivity contribution is 7.85. The van der Waals surface area contributed by atoms with Gasteiger partial charge in [-0.1, -0.05) is 0 Å². The van der Waals surface area contributed by atoms with E-state index in [0.717, 1.165) is 12.3 Å². The molecule has 0 aliphatic carbocycles. The van der Waals surface area contributed by atoms with Gasteiger partial charge >= 0.3 is 0 Å². The summed E-state index contributed by atoms with van der Waals surface area (Å²) >= 11 is 0. The van der Waals surface area contributed by atoms with Crippen molar-refractivity contribution in [1.82, 2.24) is 5.32 Å². The molecule has 0 radical (unpaired) electrons. The minimum atomic E-state index is -0.578. The van der Waals surface area contributed by atoms with Crippen LogP contribution in [0.1, 0.15) is 13.8 Å². The molecule has 2 nitrogen and oxygen atoms in total. The van der Waals surface area contributed by atoms with Gasteiger partial charge in [-0.3, -0.25) is 4.21 Å². The summed E-state index contributed by atoms with van der Waals surface area (Å²) in [6, 6.07) is 0.430. The molecule has 1 aliphatic heterocycles. The molecule has 0 spiro atoms. The lowest BCUT2D eigenvalue weighted by Gasteiger charge is -2.25. The highest BCUT2D eigenvalue weighted by Gasteiger charge is 2.22. The van der Waals surface area contributed by atoms with Gasteiger partial charge in [0.05, 0.1) is 0 Å². The lowest BCUT2D eigenvalue weighted by molar-refractivity contribution is 0.528. The van der Waals surface area contributed by atoms with Crippen LogP contribution in [0.3, 0.4) is 0 Å². The number of rotatable bonds is 0. The summed E-state index contributed by atoms with van der Waals surface area (Å²) in [7, 11) is -0.578. The van der Waals surface area contributed by atoms with Gasteiger partial charge in [0, 0.05) is 34.4 Å². The lowest BCUT2D eigenvalue weighted by atomic mass is 10.2. The highest BCUT2D eigenvalue weighted by Crippen LogP contribution is 2.05. The minimum Gasteiger partial charge on any atom is -0.312 e. The van der Waals surface area contributed by atoms with Crippen LogP contribution in [0, 0.1) is 0 Å². The van der Waals surface area contributed by atoms with Crippen LogP contribution in [0.2, 0.25) is 0 Å². The number of nitrogens with one attached hydrogen (secondary N) is 1. The molecule has 0 amide bonds. The third kappa shape index (κ3) is 1.52. The Balaban J connectivity index is 2.51. The van der Waals surface area contributed by atoms with E-state index in [1.165, 1.54) is 0 Å². The quantitative estimate of drug-likeness (QED) is 0.527. The number of hydrogen-bond donors (Lipinski definition) is 1. The van der Waals surface area contributed by atoms with Crippen molar-refractivity contribution in [3.63, 3.8) is 0 Å². The van der Waals surface area contributed by atoms with E-state index in [9.17, 15) is 4.21 Å². The predicted octanol–water partition coefficient (Wildman–Crippen LogP) is 0.115. The van der Waals surface area contributed by atoms with E-state index in [-0.39, 0.29) is 0 Å². The zero-order valence-electron chi connectivity index (χ0n) is 5.89. The Bertz CT molecular complexity index is 126. The van der Waals surface area contributed by atoms with Gasteiger partial charge in [0.25, 0.3) is 0 Å². The molecule has 0 bridgehead atoms. The summed E-state index contributed by atoms with van der Waals surface area (Å²) < 4.78 is 11.1. The second-order valence-electron chi connectivity index (χ2n) is 2.53. The first-order valence-electron chi connectivity index (χ1n) is 3.32. The molecule has 1 rings (SSSR count). The lowest BCUT2D eigenvalue weighted by Crippen LogP contribution is -2.46. The Hall–Kier alpha value is 0.110. The SMILES string of the molecule is C[C@@H]1NCCS(=O)[C@@H]1C. The van der Waals surface area contributed by atoms with Gasteiger partial charge in [0.2, 0.25) is 0 Å². The predicted molar refractivity (Wildman–Crippen MR) is 39.9 cm³/mol. The van der Waals surface area contributed by atoms with Crippen LogP contribution < -0.4 is 5.32 Å². The molecular formula is C6H13NOS. The van der Waals surface area contributed by atoms with E-state index in [1.807, 2.05) is 6.92 Å². The Morgan fingerprint density at radius 3 is 2.67 bits per heavy atom. The second kappa shape index (κ2) is 2.80. The van der Waals surface area contributed by atoms with E-state index < -0.39 is 10.8 Å². The van der Waals surface area contributed by atoms with Crippen molar-refractivity contribution < 1.29 is 4.21 Å². The summed E-state index contributed by atoms with van der Waals surface area (Å²) in [6.45, 7) is 5.03. The van der Waals surface area contributed by atoms with Gasteiger partial charge in [-0.15, -0.1) is 0 Å². The van der Waals surface area contributed by atoms with Crippen LogP contribution in [0.4, 0.5) is 0 Å². The van der Waals surface area contributed by atoms with Crippen molar-refractivity contribution in [2.45, 2.75) is 25.1 Å². The molecule has 1 aliphatic rings. The van der Waals surface area contributed by atoms with Gasteiger partial charge in [0.1, 0.15) is 0 Å². The van der Waals surface area contributed by atoms with E-state index in [2.05, 4.69) is 12.2 Å². The average molecular weight is 147 g/mol. The third-order valence-electron chi connectivity index (χ3n) is 1.89. The first-order chi connectivity index (χ1) is 4.22. The van der Waals surface area contributed by atoms with Crippen molar-refractivity contribution in [2.75, 3.05) is 12.3 Å². The maximum absolute atomic E-state index is 11.1. The van der Waals surface area contributed by atoms with Crippen LogP contribution in [-0.4, -0.2) is 27.8 Å². The Labute approximate surface area is 58.5 Å². The molecule has 1 saturated heterocycles. The molecule has 0 aromatic rings. The summed E-state index contributed by atoms with van der Waals surface area (Å²) in [6.07, 6.45) is 0. The van der Waals surface area contributed by atoms with Gasteiger partial charge in [0.15, 0.2) is 0 Å². The summed E-state index contributed by atoms with van der Waals surface area (Å²) in [5.41, 5.74) is 0. The zero-order valence-corrected chi connectivity index (χ0v) is 6.70. The Morgan fingerprint density at radius 2 is 2.22 bits per heavy atom. The molecule has 9 heavy (non-hydrogen) atoms. The highest BCUT2D eigenvalue weighted by atomic mass is 32.2. The molecule has 1 fully saturated rings. The van der Waals surface area contributed by atoms with Gasteiger partial charge in [-0.2, -0.15) is 0 Å². The molecule has 3 atom stereocenters. The topological polar surface area (TPSA) is 29.1 Å². The number of hydrogen-bond acceptors (Lipinski definition) is 2. The normalized spacial score (nSPS) is 44.9. The second-order valence-corrected chi connectivity index (χ2v) is 4.45. The first-order valence-corrected chi connectivity index (χ1v) is 4.70. The van der Waals surface area contributed by atoms with Crippen LogP contribution >= 0.6 is 0 Å². The van der Waals surface area contributed by atoms with Gasteiger partial charge in [-0.05, 0) is 13.8 Å². The van der Waals surface area contributed by atoms with Gasteiger partial charge in [-0.25, -0.2) is 0 Å². The fraction of sp³-hybridized carbons (Fsp3) is 1.00. The maximum atomic E-state index is 11.1. The monoisotopic (exact) mass is 147 g/mol. The van der Waals surface area contributed by atoms with Crippen molar-refractivity contribution in [2.24, 2.45) is 0 Å². The fourth-order valence-electron chi connectivity index (χ4n) is 0.967. The molecule has 54 valence electrons. The molecule has 1 heterocycles. The van der Waals surface area contributed by atoms with Crippen LogP contribution in [-0.2, 0) is 10.8 Å². The Morgan fingerprint density at radius 1 is 1.56 bits per heavy atom. The summed E-state index contributed by atoms with van der Waals surface area (Å²) in [5, 5.41) is 3.60. The molecule has 3 heteroatoms. The zero-order chi connectivity index (χ0) is 6.85. The van der Waals surface area contributed by atoms with Crippen LogP contribution in [0.15, 0.2) is 0 Å². The van der Waals surface area contributed by atoms with Crippen molar-refractivity contribution in [1.29, 1.82) is 0 Å². The van der Waals surface area contributed by atoms with E-state index in [4.69, 9.17) is 0 Å². The van der Waals surface area contributed by atoms with Gasteiger partial charge < -0.3 is 5.32 Å².